The summed E-state index contributed by atoms with van der Waals surface area (Å²) in [7, 11) is 1.53. The van der Waals surface area contributed by atoms with Crippen molar-refractivity contribution < 1.29 is 29.0 Å². The molecule has 0 saturated carbocycles. The molecule has 0 unspecified atom stereocenters. The van der Waals surface area contributed by atoms with Crippen LogP contribution in [-0.2, 0) is 0 Å². The van der Waals surface area contributed by atoms with Crippen LogP contribution in [0.4, 0.5) is 5.69 Å². The van der Waals surface area contributed by atoms with E-state index in [-0.39, 0.29) is 11.1 Å². The van der Waals surface area contributed by atoms with Gasteiger partial charge in [0.25, 0.3) is 0 Å². The van der Waals surface area contributed by atoms with E-state index in [0.29, 0.717) is 38.7 Å². The van der Waals surface area contributed by atoms with Crippen LogP contribution in [-0.4, -0.2) is 39.4 Å². The molecule has 2 atom stereocenters. The van der Waals surface area contributed by atoms with Gasteiger partial charge in [0.15, 0.2) is 5.11 Å². The Bertz CT molecular complexity index is 1530. The number of nitrogens with zero attached hydrogens (tertiary/aromatic N) is 2. The Hall–Kier alpha value is -4.41. The normalized spacial score (nSPS) is 16.8. The summed E-state index contributed by atoms with van der Waals surface area (Å²) in [6.07, 6.45) is 1.68. The molecule has 0 amide bonds. The van der Waals surface area contributed by atoms with Gasteiger partial charge in [-0.1, -0.05) is 17.7 Å². The van der Waals surface area contributed by atoms with Crippen molar-refractivity contribution >= 4 is 46.6 Å². The van der Waals surface area contributed by atoms with Gasteiger partial charge >= 0.3 is 11.9 Å². The number of carboxylic acid groups (broad SMARTS) is 2. The second-order valence-corrected chi connectivity index (χ2v) is 9.22. The molecule has 4 aromatic rings. The summed E-state index contributed by atoms with van der Waals surface area (Å²) < 4.78 is 11.5. The Morgan fingerprint density at radius 3 is 2.39 bits per heavy atom. The van der Waals surface area contributed by atoms with Crippen molar-refractivity contribution in [2.24, 2.45) is 0 Å². The Labute approximate surface area is 227 Å². The molecule has 2 aromatic heterocycles. The number of aromatic nitrogens is 1. The van der Waals surface area contributed by atoms with Gasteiger partial charge in [-0.05, 0) is 72.9 Å². The number of methoxy groups -OCH3 is 1. The summed E-state index contributed by atoms with van der Waals surface area (Å²) in [4.78, 5) is 29.6. The third kappa shape index (κ3) is 4.67. The molecule has 0 spiro atoms. The van der Waals surface area contributed by atoms with Gasteiger partial charge < -0.3 is 29.6 Å². The molecule has 1 aliphatic rings. The van der Waals surface area contributed by atoms with E-state index >= 15 is 0 Å². The number of furan rings is 1. The highest BCUT2D eigenvalue weighted by molar-refractivity contribution is 7.80. The third-order valence-corrected chi connectivity index (χ3v) is 6.75. The maximum atomic E-state index is 11.6. The number of benzene rings is 2. The standard InChI is InChI=1S/C27H20ClN3O6S/c1-36-21-6-5-17(13-18(21)28)31-24(23(30-27(31)38)19-4-2-3-9-29-19)22-8-7-20(37-22)14-10-15(25(32)33)12-16(11-14)26(34)35/h2-13,23-24H,1H3,(H,30,38)(H,32,33)(H,34,35)/t23-,24+/m1/s1. The fourth-order valence-electron chi connectivity index (χ4n) is 4.41. The minimum Gasteiger partial charge on any atom is -0.495 e. The molecule has 0 aliphatic carbocycles. The largest absolute Gasteiger partial charge is 0.495 e. The van der Waals surface area contributed by atoms with Crippen LogP contribution in [0.25, 0.3) is 11.3 Å². The van der Waals surface area contributed by atoms with E-state index in [4.69, 9.17) is 33.0 Å². The lowest BCUT2D eigenvalue weighted by Crippen LogP contribution is -2.29. The monoisotopic (exact) mass is 549 g/mol. The van der Waals surface area contributed by atoms with E-state index < -0.39 is 24.0 Å². The zero-order valence-corrected chi connectivity index (χ0v) is 21.4. The van der Waals surface area contributed by atoms with E-state index in [2.05, 4.69) is 10.3 Å². The lowest BCUT2D eigenvalue weighted by molar-refractivity contribution is 0.0696. The first-order valence-electron chi connectivity index (χ1n) is 11.3. The minimum absolute atomic E-state index is 0.164. The van der Waals surface area contributed by atoms with Crippen LogP contribution in [0, 0.1) is 0 Å². The predicted octanol–water partition coefficient (Wildman–Crippen LogP) is 5.58. The van der Waals surface area contributed by atoms with E-state index in [1.807, 2.05) is 29.2 Å². The zero-order valence-electron chi connectivity index (χ0n) is 19.8. The number of hydrogen-bond donors (Lipinski definition) is 3. The Morgan fingerprint density at radius 1 is 1.05 bits per heavy atom. The molecular weight excluding hydrogens is 530 g/mol. The Kier molecular flexibility index (Phi) is 6.75. The van der Waals surface area contributed by atoms with Crippen molar-refractivity contribution in [2.45, 2.75) is 12.1 Å². The highest BCUT2D eigenvalue weighted by atomic mass is 35.5. The molecule has 1 fully saturated rings. The van der Waals surface area contributed by atoms with Crippen LogP contribution < -0.4 is 15.0 Å². The number of carbonyl (C=O) groups is 2. The zero-order chi connectivity index (χ0) is 27.0. The maximum Gasteiger partial charge on any atom is 0.335 e. The van der Waals surface area contributed by atoms with E-state index in [9.17, 15) is 19.8 Å². The maximum absolute atomic E-state index is 11.6. The molecule has 192 valence electrons. The van der Waals surface area contributed by atoms with Gasteiger partial charge in [0.1, 0.15) is 23.3 Å². The first-order chi connectivity index (χ1) is 18.3. The molecule has 1 saturated heterocycles. The number of thiocarbonyl (C=S) groups is 1. The number of ether oxygens (including phenoxy) is 1. The first-order valence-corrected chi connectivity index (χ1v) is 12.1. The highest BCUT2D eigenvalue weighted by Crippen LogP contribution is 2.44. The van der Waals surface area contributed by atoms with E-state index in [0.717, 1.165) is 11.8 Å². The lowest BCUT2D eigenvalue weighted by Gasteiger charge is -2.26. The number of aromatic carboxylic acids is 2. The van der Waals surface area contributed by atoms with Crippen LogP contribution in [0.1, 0.15) is 44.3 Å². The number of hydrogen-bond acceptors (Lipinski definition) is 6. The number of anilines is 1. The van der Waals surface area contributed by atoms with Crippen LogP contribution >= 0.6 is 23.8 Å². The summed E-state index contributed by atoms with van der Waals surface area (Å²) in [5, 5.41) is 23.1. The fourth-order valence-corrected chi connectivity index (χ4v) is 5.01. The number of pyridine rings is 1. The summed E-state index contributed by atoms with van der Waals surface area (Å²) in [6, 6.07) is 17.2. The quantitative estimate of drug-likeness (QED) is 0.252. The SMILES string of the molecule is COc1ccc(N2C(=S)N[C@H](c3ccccn3)[C@@H]2c2ccc(-c3cc(C(=O)O)cc(C(=O)O)c3)o2)cc1Cl. The number of carboxylic acids is 2. The van der Waals surface area contributed by atoms with Crippen molar-refractivity contribution in [3.63, 3.8) is 0 Å². The van der Waals surface area contributed by atoms with E-state index in [1.54, 1.807) is 30.5 Å². The number of halogens is 1. The molecule has 2 aromatic carbocycles. The lowest BCUT2D eigenvalue weighted by atomic mass is 10.0. The van der Waals surface area contributed by atoms with Crippen molar-refractivity contribution in [3.8, 4) is 17.1 Å². The first kappa shape index (κ1) is 25.2. The van der Waals surface area contributed by atoms with Crippen LogP contribution in [0.15, 0.2) is 77.3 Å². The summed E-state index contributed by atoms with van der Waals surface area (Å²) in [5.74, 6) is -1.18. The molecule has 0 radical (unpaired) electrons. The molecule has 1 aliphatic heterocycles. The van der Waals surface area contributed by atoms with Crippen molar-refractivity contribution in [2.75, 3.05) is 12.0 Å². The van der Waals surface area contributed by atoms with E-state index in [1.165, 1.54) is 19.2 Å². The van der Waals surface area contributed by atoms with Gasteiger partial charge in [-0.2, -0.15) is 0 Å². The molecule has 11 heteroatoms. The fraction of sp³-hybridized carbons (Fsp3) is 0.111. The van der Waals surface area contributed by atoms with Crippen LogP contribution in [0.3, 0.4) is 0 Å². The summed E-state index contributed by atoms with van der Waals surface area (Å²) >= 11 is 12.1. The number of rotatable bonds is 7. The molecule has 3 heterocycles. The van der Waals surface area contributed by atoms with Crippen molar-refractivity contribution in [3.05, 3.63) is 101 Å². The Morgan fingerprint density at radius 2 is 1.79 bits per heavy atom. The van der Waals surface area contributed by atoms with Crippen molar-refractivity contribution in [1.29, 1.82) is 0 Å². The molecule has 5 rings (SSSR count). The average molecular weight is 550 g/mol. The predicted molar refractivity (Wildman–Crippen MR) is 144 cm³/mol. The molecule has 3 N–H and O–H groups in total. The average Bonchev–Trinajstić information content (AvgIpc) is 3.53. The van der Waals surface area contributed by atoms with Crippen molar-refractivity contribution in [1.82, 2.24) is 10.3 Å². The second kappa shape index (κ2) is 10.2. The Balaban J connectivity index is 1.62. The van der Waals surface area contributed by atoms with Crippen LogP contribution in [0.5, 0.6) is 5.75 Å². The third-order valence-electron chi connectivity index (χ3n) is 6.14. The van der Waals surface area contributed by atoms with Crippen LogP contribution in [0.2, 0.25) is 5.02 Å². The van der Waals surface area contributed by atoms with Gasteiger partial charge in [-0.15, -0.1) is 0 Å². The van der Waals surface area contributed by atoms with Gasteiger partial charge in [-0.3, -0.25) is 4.98 Å². The topological polar surface area (TPSA) is 125 Å². The summed E-state index contributed by atoms with van der Waals surface area (Å²) in [6.45, 7) is 0. The van der Waals surface area contributed by atoms with Gasteiger partial charge in [0.05, 0.1) is 35.0 Å². The van der Waals surface area contributed by atoms with Gasteiger partial charge in [-0.25, -0.2) is 9.59 Å². The second-order valence-electron chi connectivity index (χ2n) is 8.43. The molecular formula is C27H20ClN3O6S. The number of nitrogens with one attached hydrogen (secondary N) is 1. The summed E-state index contributed by atoms with van der Waals surface area (Å²) in [5.41, 5.74) is 1.40. The van der Waals surface area contributed by atoms with Gasteiger partial charge in [0, 0.05) is 17.4 Å². The molecule has 9 nitrogen and oxygen atoms in total. The molecule has 38 heavy (non-hydrogen) atoms. The molecule has 0 bridgehead atoms. The minimum atomic E-state index is -1.25. The smallest absolute Gasteiger partial charge is 0.335 e. The highest BCUT2D eigenvalue weighted by Gasteiger charge is 2.42. The van der Waals surface area contributed by atoms with Gasteiger partial charge in [0.2, 0.25) is 0 Å².